The Kier molecular flexibility index (Phi) is 6.37. The highest BCUT2D eigenvalue weighted by atomic mass is 16.5. The number of hydrogen-bond acceptors (Lipinski definition) is 4. The fraction of sp³-hybridized carbons (Fsp3) is 0.263. The topological polar surface area (TPSA) is 59.9 Å². The first-order valence-corrected chi connectivity index (χ1v) is 7.79. The van der Waals surface area contributed by atoms with E-state index >= 15 is 0 Å². The fourth-order valence-electron chi connectivity index (χ4n) is 2.44. The minimum atomic E-state index is -0.214. The predicted octanol–water partition coefficient (Wildman–Crippen LogP) is 3.35. The molecule has 0 fully saturated rings. The maximum Gasteiger partial charge on any atom is 0.247 e. The summed E-state index contributed by atoms with van der Waals surface area (Å²) in [4.78, 5) is 12.3. The molecule has 0 saturated carbocycles. The second kappa shape index (κ2) is 8.72. The Bertz CT molecular complexity index is 699. The Morgan fingerprint density at radius 2 is 1.83 bits per heavy atom. The number of nitrogens with zero attached hydrogens (tertiary/aromatic N) is 1. The first kappa shape index (κ1) is 17.5. The molecule has 0 aliphatic carbocycles. The van der Waals surface area contributed by atoms with E-state index in [1.165, 1.54) is 0 Å². The zero-order valence-corrected chi connectivity index (χ0v) is 14.2. The molecule has 1 N–H and O–H groups in total. The first-order valence-electron chi connectivity index (χ1n) is 7.79. The van der Waals surface area contributed by atoms with Crippen molar-refractivity contribution >= 4 is 12.1 Å². The lowest BCUT2D eigenvalue weighted by molar-refractivity contribution is -0.122. The van der Waals surface area contributed by atoms with Gasteiger partial charge in [-0.15, -0.1) is 0 Å². The van der Waals surface area contributed by atoms with Crippen molar-refractivity contribution in [2.24, 2.45) is 5.10 Å². The van der Waals surface area contributed by atoms with Gasteiger partial charge in [-0.1, -0.05) is 37.3 Å². The molecule has 0 heterocycles. The number of rotatable bonds is 7. The summed E-state index contributed by atoms with van der Waals surface area (Å²) in [5.74, 6) is 0.923. The highest BCUT2D eigenvalue weighted by Gasteiger charge is 2.17. The Morgan fingerprint density at radius 3 is 2.46 bits per heavy atom. The quantitative estimate of drug-likeness (QED) is 0.627. The molecule has 0 aromatic heterocycles. The normalized spacial score (nSPS) is 12.0. The molecular formula is C19H22N2O3. The summed E-state index contributed by atoms with van der Waals surface area (Å²) in [5, 5.41) is 4.05. The predicted molar refractivity (Wildman–Crippen MR) is 94.8 cm³/mol. The average molecular weight is 326 g/mol. The van der Waals surface area contributed by atoms with Gasteiger partial charge in [0.2, 0.25) is 5.91 Å². The van der Waals surface area contributed by atoms with Crippen molar-refractivity contribution in [1.29, 1.82) is 0 Å². The van der Waals surface area contributed by atoms with Gasteiger partial charge in [0.25, 0.3) is 0 Å². The van der Waals surface area contributed by atoms with Gasteiger partial charge in [0.05, 0.1) is 26.4 Å². The lowest BCUT2D eigenvalue weighted by Gasteiger charge is -2.13. The molecule has 1 amide bonds. The van der Waals surface area contributed by atoms with Crippen LogP contribution in [0.1, 0.15) is 30.4 Å². The molecule has 0 unspecified atom stereocenters. The number of amides is 1. The van der Waals surface area contributed by atoms with Gasteiger partial charge in [0, 0.05) is 0 Å². The number of carbonyl (C=O) groups excluding carboxylic acids is 1. The van der Waals surface area contributed by atoms with Crippen LogP contribution in [0, 0.1) is 0 Å². The largest absolute Gasteiger partial charge is 0.493 e. The van der Waals surface area contributed by atoms with Crippen LogP contribution in [0.25, 0.3) is 0 Å². The SMILES string of the molecule is CC[C@@H](C(=O)N/N=C\c1ccc(OC)c(OC)c1)c1ccccc1. The second-order valence-corrected chi connectivity index (χ2v) is 5.22. The van der Waals surface area contributed by atoms with E-state index in [0.29, 0.717) is 17.9 Å². The number of nitrogens with one attached hydrogen (secondary N) is 1. The third kappa shape index (κ3) is 4.35. The molecule has 2 aromatic carbocycles. The van der Waals surface area contributed by atoms with Crippen molar-refractivity contribution in [3.63, 3.8) is 0 Å². The molecule has 24 heavy (non-hydrogen) atoms. The second-order valence-electron chi connectivity index (χ2n) is 5.22. The molecule has 126 valence electrons. The average Bonchev–Trinajstić information content (AvgIpc) is 2.63. The van der Waals surface area contributed by atoms with Gasteiger partial charge in [0.15, 0.2) is 11.5 Å². The van der Waals surface area contributed by atoms with Gasteiger partial charge in [-0.25, -0.2) is 5.43 Å². The Hall–Kier alpha value is -2.82. The Labute approximate surface area is 142 Å². The summed E-state index contributed by atoms with van der Waals surface area (Å²) in [6.45, 7) is 1.98. The minimum absolute atomic E-state index is 0.125. The first-order chi connectivity index (χ1) is 11.7. The Morgan fingerprint density at radius 1 is 1.12 bits per heavy atom. The minimum Gasteiger partial charge on any atom is -0.493 e. The lowest BCUT2D eigenvalue weighted by atomic mass is 9.96. The molecule has 0 radical (unpaired) electrons. The molecule has 1 atom stereocenters. The van der Waals surface area contributed by atoms with Gasteiger partial charge in [-0.3, -0.25) is 4.79 Å². The van der Waals surface area contributed by atoms with E-state index in [1.54, 1.807) is 32.6 Å². The lowest BCUT2D eigenvalue weighted by Crippen LogP contribution is -2.25. The summed E-state index contributed by atoms with van der Waals surface area (Å²) in [6.07, 6.45) is 2.29. The van der Waals surface area contributed by atoms with Crippen LogP contribution < -0.4 is 14.9 Å². The van der Waals surface area contributed by atoms with Gasteiger partial charge >= 0.3 is 0 Å². The van der Waals surface area contributed by atoms with Crippen molar-refractivity contribution in [3.8, 4) is 11.5 Å². The molecule has 2 rings (SSSR count). The summed E-state index contributed by atoms with van der Waals surface area (Å²) in [5.41, 5.74) is 4.40. The van der Waals surface area contributed by atoms with Crippen LogP contribution in [0.5, 0.6) is 11.5 Å². The molecule has 5 heteroatoms. The van der Waals surface area contributed by atoms with E-state index in [4.69, 9.17) is 9.47 Å². The van der Waals surface area contributed by atoms with E-state index in [9.17, 15) is 4.79 Å². The van der Waals surface area contributed by atoms with Crippen LogP contribution in [0.2, 0.25) is 0 Å². The fourth-order valence-corrected chi connectivity index (χ4v) is 2.44. The third-order valence-electron chi connectivity index (χ3n) is 3.72. The molecule has 0 saturated heterocycles. The standard InChI is InChI=1S/C19H22N2O3/c1-4-16(15-8-6-5-7-9-15)19(22)21-20-13-14-10-11-17(23-2)18(12-14)24-3/h5-13,16H,4H2,1-3H3,(H,21,22)/b20-13-/t16-/m1/s1. The van der Waals surface area contributed by atoms with Crippen molar-refractivity contribution in [3.05, 3.63) is 59.7 Å². The van der Waals surface area contributed by atoms with Gasteiger partial charge in [-0.05, 0) is 35.7 Å². The van der Waals surface area contributed by atoms with Crippen molar-refractivity contribution in [2.75, 3.05) is 14.2 Å². The number of benzene rings is 2. The monoisotopic (exact) mass is 326 g/mol. The smallest absolute Gasteiger partial charge is 0.247 e. The molecule has 5 nitrogen and oxygen atoms in total. The van der Waals surface area contributed by atoms with E-state index in [-0.39, 0.29) is 11.8 Å². The number of methoxy groups -OCH3 is 2. The summed E-state index contributed by atoms with van der Waals surface area (Å²) < 4.78 is 10.4. The molecule has 0 bridgehead atoms. The molecule has 0 aliphatic heterocycles. The highest BCUT2D eigenvalue weighted by molar-refractivity contribution is 5.86. The maximum absolute atomic E-state index is 12.3. The van der Waals surface area contributed by atoms with Crippen LogP contribution in [0.15, 0.2) is 53.6 Å². The van der Waals surface area contributed by atoms with Crippen LogP contribution >= 0.6 is 0 Å². The highest BCUT2D eigenvalue weighted by Crippen LogP contribution is 2.26. The molecule has 2 aromatic rings. The van der Waals surface area contributed by atoms with Crippen molar-refractivity contribution in [1.82, 2.24) is 5.43 Å². The van der Waals surface area contributed by atoms with Crippen LogP contribution in [-0.2, 0) is 4.79 Å². The molecular weight excluding hydrogens is 304 g/mol. The third-order valence-corrected chi connectivity index (χ3v) is 3.72. The number of hydrazone groups is 1. The van der Waals surface area contributed by atoms with Crippen LogP contribution in [-0.4, -0.2) is 26.3 Å². The Balaban J connectivity index is 2.04. The summed E-state index contributed by atoms with van der Waals surface area (Å²) in [7, 11) is 3.16. The van der Waals surface area contributed by atoms with E-state index in [1.807, 2.05) is 43.3 Å². The zero-order chi connectivity index (χ0) is 17.4. The molecule has 0 spiro atoms. The van der Waals surface area contributed by atoms with E-state index < -0.39 is 0 Å². The van der Waals surface area contributed by atoms with Gasteiger partial charge in [-0.2, -0.15) is 5.10 Å². The zero-order valence-electron chi connectivity index (χ0n) is 14.2. The van der Waals surface area contributed by atoms with Crippen molar-refractivity contribution < 1.29 is 14.3 Å². The van der Waals surface area contributed by atoms with Crippen LogP contribution in [0.3, 0.4) is 0 Å². The van der Waals surface area contributed by atoms with Crippen LogP contribution in [0.4, 0.5) is 0 Å². The van der Waals surface area contributed by atoms with E-state index in [2.05, 4.69) is 10.5 Å². The van der Waals surface area contributed by atoms with Crippen molar-refractivity contribution in [2.45, 2.75) is 19.3 Å². The summed E-state index contributed by atoms with van der Waals surface area (Å²) in [6, 6.07) is 15.1. The van der Waals surface area contributed by atoms with Gasteiger partial charge < -0.3 is 9.47 Å². The number of hydrogen-bond donors (Lipinski definition) is 1. The number of ether oxygens (including phenoxy) is 2. The summed E-state index contributed by atoms with van der Waals surface area (Å²) >= 11 is 0. The number of carbonyl (C=O) groups is 1. The molecule has 0 aliphatic rings. The van der Waals surface area contributed by atoms with E-state index in [0.717, 1.165) is 11.1 Å². The van der Waals surface area contributed by atoms with Gasteiger partial charge in [0.1, 0.15) is 0 Å². The maximum atomic E-state index is 12.3.